The second-order valence-corrected chi connectivity index (χ2v) is 6.45. The second-order valence-electron chi connectivity index (χ2n) is 6.45. The Hall–Kier alpha value is -1.55. The minimum absolute atomic E-state index is 0.730. The van der Waals surface area contributed by atoms with Gasteiger partial charge in [-0.1, -0.05) is 23.8 Å². The number of nitrogens with zero attached hydrogens (tertiary/aromatic N) is 2. The van der Waals surface area contributed by atoms with Gasteiger partial charge in [-0.05, 0) is 70.8 Å². The summed E-state index contributed by atoms with van der Waals surface area (Å²) >= 11 is 0. The Bertz CT molecular complexity index is 504. The lowest BCUT2D eigenvalue weighted by atomic mass is 10.1. The molecule has 0 unspecified atom stereocenters. The maximum Gasteiger partial charge on any atom is 0.191 e. The first-order valence-electron chi connectivity index (χ1n) is 8.99. The van der Waals surface area contributed by atoms with Gasteiger partial charge in [0.25, 0.3) is 0 Å². The van der Waals surface area contributed by atoms with Crippen molar-refractivity contribution in [1.82, 2.24) is 15.5 Å². The van der Waals surface area contributed by atoms with E-state index in [0.29, 0.717) is 0 Å². The summed E-state index contributed by atoms with van der Waals surface area (Å²) in [5.74, 6) is 0.925. The molecule has 2 rings (SSSR count). The van der Waals surface area contributed by atoms with Crippen LogP contribution in [0.1, 0.15) is 42.9 Å². The van der Waals surface area contributed by atoms with E-state index >= 15 is 0 Å². The molecule has 1 fully saturated rings. The summed E-state index contributed by atoms with van der Waals surface area (Å²) in [6.45, 7) is 12.8. The van der Waals surface area contributed by atoms with Crippen molar-refractivity contribution in [3.8, 4) is 0 Å². The van der Waals surface area contributed by atoms with Crippen LogP contribution in [0.15, 0.2) is 23.2 Å². The maximum absolute atomic E-state index is 4.72. The van der Waals surface area contributed by atoms with Gasteiger partial charge in [-0.25, -0.2) is 4.99 Å². The topological polar surface area (TPSA) is 39.7 Å². The number of guanidine groups is 1. The molecule has 128 valence electrons. The van der Waals surface area contributed by atoms with Crippen LogP contribution in [0.3, 0.4) is 0 Å². The van der Waals surface area contributed by atoms with Crippen molar-refractivity contribution < 1.29 is 0 Å². The van der Waals surface area contributed by atoms with E-state index in [0.717, 1.165) is 25.6 Å². The molecule has 0 radical (unpaired) electrons. The normalized spacial score (nSPS) is 15.9. The van der Waals surface area contributed by atoms with Crippen LogP contribution < -0.4 is 10.6 Å². The molecule has 1 aliphatic rings. The third-order valence-electron chi connectivity index (χ3n) is 4.39. The molecule has 1 heterocycles. The van der Waals surface area contributed by atoms with Crippen LogP contribution in [0.4, 0.5) is 0 Å². The molecular formula is C19H32N4. The average Bonchev–Trinajstić information content (AvgIpc) is 3.03. The number of rotatable bonds is 7. The zero-order valence-corrected chi connectivity index (χ0v) is 15.0. The van der Waals surface area contributed by atoms with Crippen LogP contribution in [0, 0.1) is 13.8 Å². The molecule has 0 atom stereocenters. The SMILES string of the molecule is CCNC(=NCc1ccc(C)cc1C)NCCCN1CCCC1. The van der Waals surface area contributed by atoms with E-state index in [9.17, 15) is 0 Å². The van der Waals surface area contributed by atoms with Crippen LogP contribution in [0.5, 0.6) is 0 Å². The lowest BCUT2D eigenvalue weighted by Gasteiger charge is -2.16. The molecule has 1 saturated heterocycles. The van der Waals surface area contributed by atoms with Crippen molar-refractivity contribution in [2.45, 2.75) is 46.6 Å². The van der Waals surface area contributed by atoms with Crippen LogP contribution >= 0.6 is 0 Å². The number of hydrogen-bond acceptors (Lipinski definition) is 2. The molecule has 2 N–H and O–H groups in total. The quantitative estimate of drug-likeness (QED) is 0.462. The number of aliphatic imine (C=N–C) groups is 1. The fourth-order valence-electron chi connectivity index (χ4n) is 3.04. The maximum atomic E-state index is 4.72. The number of benzene rings is 1. The van der Waals surface area contributed by atoms with Crippen molar-refractivity contribution in [3.63, 3.8) is 0 Å². The van der Waals surface area contributed by atoms with Crippen LogP contribution in [0.25, 0.3) is 0 Å². The Labute approximate surface area is 141 Å². The highest BCUT2D eigenvalue weighted by molar-refractivity contribution is 5.79. The molecule has 0 aliphatic carbocycles. The Kier molecular flexibility index (Phi) is 7.40. The minimum Gasteiger partial charge on any atom is -0.357 e. The molecule has 0 amide bonds. The highest BCUT2D eigenvalue weighted by Crippen LogP contribution is 2.11. The monoisotopic (exact) mass is 316 g/mol. The number of hydrogen-bond donors (Lipinski definition) is 2. The van der Waals surface area contributed by atoms with E-state index in [1.54, 1.807) is 0 Å². The summed E-state index contributed by atoms with van der Waals surface area (Å²) in [5, 5.41) is 6.80. The summed E-state index contributed by atoms with van der Waals surface area (Å²) < 4.78 is 0. The van der Waals surface area contributed by atoms with Crippen LogP contribution in [-0.4, -0.2) is 43.6 Å². The molecular weight excluding hydrogens is 284 g/mol. The van der Waals surface area contributed by atoms with E-state index in [1.807, 2.05) is 0 Å². The average molecular weight is 316 g/mol. The standard InChI is InChI=1S/C19H32N4/c1-4-20-19(21-10-7-13-23-11-5-6-12-23)22-15-18-9-8-16(2)14-17(18)3/h8-9,14H,4-7,10-13,15H2,1-3H3,(H2,20,21,22). The van der Waals surface area contributed by atoms with E-state index < -0.39 is 0 Å². The first kappa shape index (κ1) is 17.8. The van der Waals surface area contributed by atoms with Gasteiger partial charge in [-0.2, -0.15) is 0 Å². The summed E-state index contributed by atoms with van der Waals surface area (Å²) in [5.41, 5.74) is 3.92. The van der Waals surface area contributed by atoms with Gasteiger partial charge >= 0.3 is 0 Å². The Morgan fingerprint density at radius 1 is 1.17 bits per heavy atom. The predicted molar refractivity (Wildman–Crippen MR) is 99.0 cm³/mol. The first-order valence-corrected chi connectivity index (χ1v) is 8.99. The van der Waals surface area contributed by atoms with Crippen LogP contribution in [-0.2, 0) is 6.54 Å². The Balaban J connectivity index is 1.79. The van der Waals surface area contributed by atoms with E-state index in [2.05, 4.69) is 54.5 Å². The molecule has 0 bridgehead atoms. The van der Waals surface area contributed by atoms with Crippen molar-refractivity contribution in [3.05, 3.63) is 34.9 Å². The minimum atomic E-state index is 0.730. The second kappa shape index (κ2) is 9.56. The lowest BCUT2D eigenvalue weighted by Crippen LogP contribution is -2.38. The molecule has 1 aromatic carbocycles. The summed E-state index contributed by atoms with van der Waals surface area (Å²) in [7, 11) is 0. The summed E-state index contributed by atoms with van der Waals surface area (Å²) in [4.78, 5) is 7.28. The van der Waals surface area contributed by atoms with Gasteiger partial charge in [-0.3, -0.25) is 0 Å². The van der Waals surface area contributed by atoms with Gasteiger partial charge in [0.15, 0.2) is 5.96 Å². The smallest absolute Gasteiger partial charge is 0.191 e. The third kappa shape index (κ3) is 6.22. The molecule has 1 aliphatic heterocycles. The van der Waals surface area contributed by atoms with Gasteiger partial charge in [0.05, 0.1) is 6.54 Å². The van der Waals surface area contributed by atoms with Crippen molar-refractivity contribution >= 4 is 5.96 Å². The van der Waals surface area contributed by atoms with E-state index in [4.69, 9.17) is 4.99 Å². The first-order chi connectivity index (χ1) is 11.2. The highest BCUT2D eigenvalue weighted by Gasteiger charge is 2.10. The molecule has 4 nitrogen and oxygen atoms in total. The van der Waals surface area contributed by atoms with Gasteiger partial charge in [0.2, 0.25) is 0 Å². The summed E-state index contributed by atoms with van der Waals surface area (Å²) in [6.07, 6.45) is 3.91. The molecule has 4 heteroatoms. The van der Waals surface area contributed by atoms with Crippen molar-refractivity contribution in [2.24, 2.45) is 4.99 Å². The number of nitrogens with one attached hydrogen (secondary N) is 2. The fraction of sp³-hybridized carbons (Fsp3) is 0.632. The lowest BCUT2D eigenvalue weighted by molar-refractivity contribution is 0.334. The van der Waals surface area contributed by atoms with Gasteiger partial charge in [-0.15, -0.1) is 0 Å². The number of aryl methyl sites for hydroxylation is 2. The molecule has 1 aromatic rings. The summed E-state index contributed by atoms with van der Waals surface area (Å²) in [6, 6.07) is 6.57. The van der Waals surface area contributed by atoms with Gasteiger partial charge in [0.1, 0.15) is 0 Å². The molecule has 0 saturated carbocycles. The highest BCUT2D eigenvalue weighted by atomic mass is 15.2. The van der Waals surface area contributed by atoms with E-state index in [-0.39, 0.29) is 0 Å². The van der Waals surface area contributed by atoms with Crippen LogP contribution in [0.2, 0.25) is 0 Å². The zero-order chi connectivity index (χ0) is 16.5. The van der Waals surface area contributed by atoms with E-state index in [1.165, 1.54) is 55.6 Å². The zero-order valence-electron chi connectivity index (χ0n) is 15.0. The molecule has 23 heavy (non-hydrogen) atoms. The largest absolute Gasteiger partial charge is 0.357 e. The predicted octanol–water partition coefficient (Wildman–Crippen LogP) is 2.84. The molecule has 0 aromatic heterocycles. The van der Waals surface area contributed by atoms with Crippen molar-refractivity contribution in [2.75, 3.05) is 32.7 Å². The van der Waals surface area contributed by atoms with Gasteiger partial charge in [0, 0.05) is 13.1 Å². The van der Waals surface area contributed by atoms with Crippen molar-refractivity contribution in [1.29, 1.82) is 0 Å². The third-order valence-corrected chi connectivity index (χ3v) is 4.39. The number of likely N-dealkylation sites (tertiary alicyclic amines) is 1. The fourth-order valence-corrected chi connectivity index (χ4v) is 3.04. The Morgan fingerprint density at radius 3 is 2.65 bits per heavy atom. The van der Waals surface area contributed by atoms with Gasteiger partial charge < -0.3 is 15.5 Å². The Morgan fingerprint density at radius 2 is 1.96 bits per heavy atom. The molecule has 0 spiro atoms.